The molecule has 2 atom stereocenters. The first-order chi connectivity index (χ1) is 18.1. The van der Waals surface area contributed by atoms with E-state index in [9.17, 15) is 9.59 Å². The van der Waals surface area contributed by atoms with Crippen molar-refractivity contribution in [3.05, 3.63) is 70.9 Å². The fourth-order valence-corrected chi connectivity index (χ4v) is 5.29. The third kappa shape index (κ3) is 5.65. The minimum atomic E-state index is -0.860. The Morgan fingerprint density at radius 3 is 2.76 bits per heavy atom. The molecule has 0 aliphatic carbocycles. The van der Waals surface area contributed by atoms with E-state index < -0.39 is 6.04 Å². The lowest BCUT2D eigenvalue weighted by molar-refractivity contribution is -0.127. The molecule has 1 aliphatic rings. The molecule has 0 bridgehead atoms. The van der Waals surface area contributed by atoms with Gasteiger partial charge in [0, 0.05) is 23.7 Å². The number of carbonyl (C=O) groups excluding carboxylic acids is 2. The summed E-state index contributed by atoms with van der Waals surface area (Å²) in [5, 5.41) is 13.3. The van der Waals surface area contributed by atoms with Crippen molar-refractivity contribution in [2.24, 2.45) is 0 Å². The van der Waals surface area contributed by atoms with Crippen molar-refractivity contribution in [2.75, 3.05) is 24.7 Å². The van der Waals surface area contributed by atoms with E-state index in [2.05, 4.69) is 15.6 Å². The predicted octanol–water partition coefficient (Wildman–Crippen LogP) is 3.96. The molecule has 0 spiro atoms. The van der Waals surface area contributed by atoms with Crippen molar-refractivity contribution in [1.82, 2.24) is 20.3 Å². The van der Waals surface area contributed by atoms with Crippen LogP contribution >= 0.6 is 11.3 Å². The zero-order valence-electron chi connectivity index (χ0n) is 20.6. The van der Waals surface area contributed by atoms with Crippen LogP contribution in [0.25, 0.3) is 11.0 Å². The monoisotopic (exact) mass is 519 g/mol. The molecule has 9 nitrogen and oxygen atoms in total. The fourth-order valence-electron chi connectivity index (χ4n) is 4.48. The van der Waals surface area contributed by atoms with Gasteiger partial charge in [-0.3, -0.25) is 14.5 Å². The summed E-state index contributed by atoms with van der Waals surface area (Å²) >= 11 is 1.43. The summed E-state index contributed by atoms with van der Waals surface area (Å²) < 4.78 is 12.8. The van der Waals surface area contributed by atoms with E-state index in [4.69, 9.17) is 9.47 Å². The first-order valence-electron chi connectivity index (χ1n) is 12.4. The number of thiophene rings is 1. The molecule has 1 saturated heterocycles. The molecule has 2 aromatic carbocycles. The van der Waals surface area contributed by atoms with Crippen LogP contribution in [0.15, 0.2) is 66.0 Å². The van der Waals surface area contributed by atoms with Gasteiger partial charge in [-0.25, -0.2) is 4.68 Å². The molecule has 2 amide bonds. The van der Waals surface area contributed by atoms with Gasteiger partial charge in [-0.2, -0.15) is 0 Å². The van der Waals surface area contributed by atoms with Gasteiger partial charge in [-0.05, 0) is 67.6 Å². The van der Waals surface area contributed by atoms with E-state index >= 15 is 0 Å². The quantitative estimate of drug-likeness (QED) is 0.341. The van der Waals surface area contributed by atoms with Crippen LogP contribution in [-0.2, 0) is 20.9 Å². The summed E-state index contributed by atoms with van der Waals surface area (Å²) in [7, 11) is 0. The lowest BCUT2D eigenvalue weighted by Crippen LogP contribution is -2.46. The second-order valence-electron chi connectivity index (χ2n) is 8.72. The summed E-state index contributed by atoms with van der Waals surface area (Å²) in [6.07, 6.45) is 1.88. The molecule has 0 unspecified atom stereocenters. The van der Waals surface area contributed by atoms with Gasteiger partial charge < -0.3 is 14.8 Å². The van der Waals surface area contributed by atoms with E-state index in [1.807, 2.05) is 48.7 Å². The lowest BCUT2D eigenvalue weighted by atomic mass is 10.1. The molecule has 192 valence electrons. The van der Waals surface area contributed by atoms with Crippen LogP contribution in [0.3, 0.4) is 0 Å². The zero-order chi connectivity index (χ0) is 25.6. The first kappa shape index (κ1) is 24.9. The number of nitrogens with one attached hydrogen (secondary N) is 1. The Balaban J connectivity index is 1.49. The van der Waals surface area contributed by atoms with Crippen LogP contribution < -0.4 is 15.0 Å². The molecular formula is C27H29N5O4S. The Bertz CT molecular complexity index is 1330. The number of hydrogen-bond donors (Lipinski definition) is 1. The van der Waals surface area contributed by atoms with Crippen molar-refractivity contribution in [3.8, 4) is 5.75 Å². The second kappa shape index (κ2) is 11.5. The van der Waals surface area contributed by atoms with Crippen molar-refractivity contribution >= 4 is 39.9 Å². The number of aromatic nitrogens is 3. The molecule has 5 rings (SSSR count). The highest BCUT2D eigenvalue weighted by molar-refractivity contribution is 7.10. The van der Waals surface area contributed by atoms with Crippen molar-refractivity contribution in [3.63, 3.8) is 0 Å². The number of nitrogens with zero attached hydrogens (tertiary/aromatic N) is 4. The van der Waals surface area contributed by atoms with E-state index in [1.54, 1.807) is 33.8 Å². The van der Waals surface area contributed by atoms with Gasteiger partial charge in [0.2, 0.25) is 11.8 Å². The molecule has 0 saturated carbocycles. The summed E-state index contributed by atoms with van der Waals surface area (Å²) in [5.41, 5.74) is 2.04. The Kier molecular flexibility index (Phi) is 7.76. The number of anilines is 1. The van der Waals surface area contributed by atoms with Gasteiger partial charge in [0.25, 0.3) is 0 Å². The molecule has 3 heterocycles. The third-order valence-electron chi connectivity index (χ3n) is 6.25. The Morgan fingerprint density at radius 1 is 1.19 bits per heavy atom. The average molecular weight is 520 g/mol. The van der Waals surface area contributed by atoms with Crippen LogP contribution in [0.2, 0.25) is 0 Å². The number of rotatable bonds is 10. The molecule has 1 N–H and O–H groups in total. The minimum Gasteiger partial charge on any atom is -0.494 e. The standard InChI is InChI=1S/C27H29N5O4S/c1-2-35-20-13-11-19(12-14-20)32(25(33)18-31-23-9-4-3-8-22(23)29-30-31)26(24-10-6-16-37-24)27(34)28-17-21-7-5-15-36-21/h3-4,6,8-14,16,21,26H,2,5,7,15,17-18H2,1H3,(H,28,34)/t21-,26+/m1/s1. The molecule has 1 fully saturated rings. The molecule has 4 aromatic rings. The van der Waals surface area contributed by atoms with Gasteiger partial charge in [0.15, 0.2) is 0 Å². The molecule has 1 aliphatic heterocycles. The number of fused-ring (bicyclic) bond motifs is 1. The number of benzene rings is 2. The van der Waals surface area contributed by atoms with E-state index in [-0.39, 0.29) is 24.5 Å². The second-order valence-corrected chi connectivity index (χ2v) is 9.70. The topological polar surface area (TPSA) is 98.6 Å². The van der Waals surface area contributed by atoms with Gasteiger partial charge >= 0.3 is 0 Å². The highest BCUT2D eigenvalue weighted by Gasteiger charge is 2.34. The predicted molar refractivity (Wildman–Crippen MR) is 142 cm³/mol. The first-order valence-corrected chi connectivity index (χ1v) is 13.3. The SMILES string of the molecule is CCOc1ccc(N(C(=O)Cn2nnc3ccccc32)[C@H](C(=O)NC[C@H]2CCCO2)c2cccs2)cc1. The van der Waals surface area contributed by atoms with Crippen LogP contribution in [0, 0.1) is 0 Å². The van der Waals surface area contributed by atoms with Gasteiger partial charge in [-0.15, -0.1) is 16.4 Å². The van der Waals surface area contributed by atoms with Crippen molar-refractivity contribution in [2.45, 2.75) is 38.5 Å². The van der Waals surface area contributed by atoms with Crippen LogP contribution in [-0.4, -0.2) is 52.7 Å². The number of carbonyl (C=O) groups is 2. The smallest absolute Gasteiger partial charge is 0.249 e. The summed E-state index contributed by atoms with van der Waals surface area (Å²) in [6.45, 7) is 3.48. The number of hydrogen-bond acceptors (Lipinski definition) is 7. The molecule has 0 radical (unpaired) electrons. The molecule has 10 heteroatoms. The number of para-hydroxylation sites is 1. The minimum absolute atomic E-state index is 0.0101. The highest BCUT2D eigenvalue weighted by atomic mass is 32.1. The van der Waals surface area contributed by atoms with E-state index in [0.717, 1.165) is 23.2 Å². The van der Waals surface area contributed by atoms with E-state index in [1.165, 1.54) is 11.3 Å². The Morgan fingerprint density at radius 2 is 2.03 bits per heavy atom. The molecule has 2 aromatic heterocycles. The van der Waals surface area contributed by atoms with E-state index in [0.29, 0.717) is 36.7 Å². The number of ether oxygens (including phenoxy) is 2. The maximum Gasteiger partial charge on any atom is 0.249 e. The third-order valence-corrected chi connectivity index (χ3v) is 7.17. The maximum atomic E-state index is 14.0. The highest BCUT2D eigenvalue weighted by Crippen LogP contribution is 2.32. The Labute approximate surface area is 219 Å². The van der Waals surface area contributed by atoms with Crippen molar-refractivity contribution < 1.29 is 19.1 Å². The van der Waals surface area contributed by atoms with Crippen LogP contribution in [0.5, 0.6) is 5.75 Å². The molecular weight excluding hydrogens is 490 g/mol. The van der Waals surface area contributed by atoms with Crippen LogP contribution in [0.4, 0.5) is 5.69 Å². The van der Waals surface area contributed by atoms with Gasteiger partial charge in [-0.1, -0.05) is 23.4 Å². The fraction of sp³-hybridized carbons (Fsp3) is 0.333. The largest absolute Gasteiger partial charge is 0.494 e. The van der Waals surface area contributed by atoms with Crippen molar-refractivity contribution in [1.29, 1.82) is 0 Å². The summed E-state index contributed by atoms with van der Waals surface area (Å²) in [5.74, 6) is 0.144. The zero-order valence-corrected chi connectivity index (χ0v) is 21.4. The number of amides is 2. The van der Waals surface area contributed by atoms with Gasteiger partial charge in [0.1, 0.15) is 23.9 Å². The van der Waals surface area contributed by atoms with Crippen LogP contribution in [0.1, 0.15) is 30.7 Å². The maximum absolute atomic E-state index is 14.0. The van der Waals surface area contributed by atoms with Gasteiger partial charge in [0.05, 0.1) is 18.2 Å². The summed E-state index contributed by atoms with van der Waals surface area (Å²) in [4.78, 5) is 30.0. The lowest BCUT2D eigenvalue weighted by Gasteiger charge is -2.31. The average Bonchev–Trinajstić information content (AvgIpc) is 3.70. The molecule has 37 heavy (non-hydrogen) atoms. The Hall–Kier alpha value is -3.76. The normalized spacial score (nSPS) is 16.0. The summed E-state index contributed by atoms with van der Waals surface area (Å²) in [6, 6.07) is 17.6.